The maximum atomic E-state index is 11.8. The third kappa shape index (κ3) is 2.68. The summed E-state index contributed by atoms with van der Waals surface area (Å²) in [4.78, 5) is 0. The Morgan fingerprint density at radius 1 is 1.29 bits per heavy atom. The van der Waals surface area contributed by atoms with Gasteiger partial charge in [0.25, 0.3) is 0 Å². The molecule has 0 spiro atoms. The third-order valence-corrected chi connectivity index (χ3v) is 4.96. The second-order valence-electron chi connectivity index (χ2n) is 4.18. The molecule has 1 aliphatic heterocycles. The van der Waals surface area contributed by atoms with Crippen LogP contribution in [0.4, 0.5) is 0 Å². The molecule has 5 heteroatoms. The highest BCUT2D eigenvalue weighted by molar-refractivity contribution is 7.89. The highest BCUT2D eigenvalue weighted by Crippen LogP contribution is 2.15. The number of nitrogens with zero attached hydrogens (tertiary/aromatic N) is 1. The van der Waals surface area contributed by atoms with Crippen molar-refractivity contribution < 1.29 is 8.42 Å². The van der Waals surface area contributed by atoms with Crippen LogP contribution in [-0.2, 0) is 10.0 Å². The molecule has 0 saturated carbocycles. The maximum absolute atomic E-state index is 11.8. The Labute approximate surface area is 86.5 Å². The highest BCUT2D eigenvalue weighted by atomic mass is 32.2. The first-order chi connectivity index (χ1) is 6.44. The zero-order chi connectivity index (χ0) is 10.8. The first-order valence-electron chi connectivity index (χ1n) is 5.19. The Kier molecular flexibility index (Phi) is 3.92. The summed E-state index contributed by atoms with van der Waals surface area (Å²) in [6.45, 7) is 4.66. The van der Waals surface area contributed by atoms with Gasteiger partial charge < -0.3 is 5.73 Å². The minimum absolute atomic E-state index is 0.169. The molecule has 0 bridgehead atoms. The van der Waals surface area contributed by atoms with Gasteiger partial charge in [-0.05, 0) is 33.1 Å². The SMILES string of the molecule is CC(C)S(=O)(=O)N1CCCC(N)CC1. The van der Waals surface area contributed by atoms with E-state index in [0.717, 1.165) is 19.3 Å². The third-order valence-electron chi connectivity index (χ3n) is 2.69. The van der Waals surface area contributed by atoms with E-state index in [1.165, 1.54) is 0 Å². The molecule has 4 nitrogen and oxygen atoms in total. The molecule has 0 aliphatic carbocycles. The average molecular weight is 220 g/mol. The van der Waals surface area contributed by atoms with Crippen LogP contribution in [0.15, 0.2) is 0 Å². The van der Waals surface area contributed by atoms with Crippen molar-refractivity contribution in [1.29, 1.82) is 0 Å². The first kappa shape index (κ1) is 11.9. The van der Waals surface area contributed by atoms with Gasteiger partial charge in [-0.3, -0.25) is 0 Å². The molecule has 1 aliphatic rings. The predicted molar refractivity (Wildman–Crippen MR) is 57.5 cm³/mol. The van der Waals surface area contributed by atoms with Crippen LogP contribution in [0.3, 0.4) is 0 Å². The van der Waals surface area contributed by atoms with Crippen molar-refractivity contribution in [3.8, 4) is 0 Å². The van der Waals surface area contributed by atoms with E-state index < -0.39 is 10.0 Å². The van der Waals surface area contributed by atoms with Gasteiger partial charge in [0, 0.05) is 19.1 Å². The lowest BCUT2D eigenvalue weighted by atomic mass is 10.1. The summed E-state index contributed by atoms with van der Waals surface area (Å²) in [5.41, 5.74) is 5.79. The zero-order valence-corrected chi connectivity index (χ0v) is 9.76. The van der Waals surface area contributed by atoms with Crippen molar-refractivity contribution in [1.82, 2.24) is 4.31 Å². The molecule has 1 rings (SSSR count). The van der Waals surface area contributed by atoms with Gasteiger partial charge in [0.05, 0.1) is 5.25 Å². The smallest absolute Gasteiger partial charge is 0.216 e. The Morgan fingerprint density at radius 3 is 2.50 bits per heavy atom. The van der Waals surface area contributed by atoms with E-state index >= 15 is 0 Å². The van der Waals surface area contributed by atoms with Crippen LogP contribution in [0.5, 0.6) is 0 Å². The highest BCUT2D eigenvalue weighted by Gasteiger charge is 2.27. The lowest BCUT2D eigenvalue weighted by Gasteiger charge is -2.22. The minimum Gasteiger partial charge on any atom is -0.328 e. The molecule has 2 N–H and O–H groups in total. The number of sulfonamides is 1. The second-order valence-corrected chi connectivity index (χ2v) is 6.67. The van der Waals surface area contributed by atoms with Gasteiger partial charge in [-0.15, -0.1) is 0 Å². The van der Waals surface area contributed by atoms with E-state index in [1.807, 2.05) is 0 Å². The predicted octanol–water partition coefficient (Wildman–Crippen LogP) is 0.538. The van der Waals surface area contributed by atoms with Crippen molar-refractivity contribution >= 4 is 10.0 Å². The Bertz CT molecular complexity index is 275. The summed E-state index contributed by atoms with van der Waals surface area (Å²) in [5.74, 6) is 0. The van der Waals surface area contributed by atoms with Crippen LogP contribution in [0.25, 0.3) is 0 Å². The Balaban J connectivity index is 2.69. The summed E-state index contributed by atoms with van der Waals surface area (Å²) in [5, 5.41) is -0.322. The average Bonchev–Trinajstić information content (AvgIpc) is 2.29. The molecule has 0 aromatic rings. The molecule has 0 amide bonds. The lowest BCUT2D eigenvalue weighted by Crippen LogP contribution is -2.37. The first-order valence-corrected chi connectivity index (χ1v) is 6.69. The lowest BCUT2D eigenvalue weighted by molar-refractivity contribution is 0.416. The van der Waals surface area contributed by atoms with E-state index in [9.17, 15) is 8.42 Å². The van der Waals surface area contributed by atoms with Crippen LogP contribution in [0, 0.1) is 0 Å². The van der Waals surface area contributed by atoms with Gasteiger partial charge in [-0.2, -0.15) is 0 Å². The van der Waals surface area contributed by atoms with Gasteiger partial charge >= 0.3 is 0 Å². The molecule has 1 heterocycles. The number of hydrogen-bond acceptors (Lipinski definition) is 3. The molecular weight excluding hydrogens is 200 g/mol. The molecule has 1 saturated heterocycles. The quantitative estimate of drug-likeness (QED) is 0.738. The molecule has 0 aromatic heterocycles. The van der Waals surface area contributed by atoms with Gasteiger partial charge in [0.15, 0.2) is 0 Å². The monoisotopic (exact) mass is 220 g/mol. The summed E-state index contributed by atoms with van der Waals surface area (Å²) in [6, 6.07) is 0.169. The fraction of sp³-hybridized carbons (Fsp3) is 1.00. The van der Waals surface area contributed by atoms with E-state index in [-0.39, 0.29) is 11.3 Å². The fourth-order valence-electron chi connectivity index (χ4n) is 1.65. The van der Waals surface area contributed by atoms with Crippen LogP contribution in [-0.4, -0.2) is 37.1 Å². The van der Waals surface area contributed by atoms with Crippen molar-refractivity contribution in [2.24, 2.45) is 5.73 Å². The number of hydrogen-bond donors (Lipinski definition) is 1. The Morgan fingerprint density at radius 2 is 1.93 bits per heavy atom. The maximum Gasteiger partial charge on any atom is 0.216 e. The standard InChI is InChI=1S/C9H20N2O2S/c1-8(2)14(12,13)11-6-3-4-9(10)5-7-11/h8-9H,3-7,10H2,1-2H3. The van der Waals surface area contributed by atoms with E-state index in [4.69, 9.17) is 5.73 Å². The van der Waals surface area contributed by atoms with E-state index in [2.05, 4.69) is 0 Å². The molecule has 84 valence electrons. The van der Waals surface area contributed by atoms with Gasteiger partial charge in [0.1, 0.15) is 0 Å². The van der Waals surface area contributed by atoms with Crippen molar-refractivity contribution in [2.75, 3.05) is 13.1 Å². The minimum atomic E-state index is -3.07. The second kappa shape index (κ2) is 4.59. The fourth-order valence-corrected chi connectivity index (χ4v) is 2.99. The van der Waals surface area contributed by atoms with Gasteiger partial charge in [0.2, 0.25) is 10.0 Å². The molecule has 0 aromatic carbocycles. The summed E-state index contributed by atoms with van der Waals surface area (Å²) in [7, 11) is -3.07. The molecule has 1 fully saturated rings. The summed E-state index contributed by atoms with van der Waals surface area (Å²) < 4.78 is 25.2. The Hall–Kier alpha value is -0.130. The van der Waals surface area contributed by atoms with Crippen LogP contribution < -0.4 is 5.73 Å². The van der Waals surface area contributed by atoms with E-state index in [1.54, 1.807) is 18.2 Å². The van der Waals surface area contributed by atoms with Crippen LogP contribution >= 0.6 is 0 Å². The zero-order valence-electron chi connectivity index (χ0n) is 8.94. The normalized spacial score (nSPS) is 26.4. The number of rotatable bonds is 2. The molecule has 1 unspecified atom stereocenters. The van der Waals surface area contributed by atoms with E-state index in [0.29, 0.717) is 13.1 Å². The summed E-state index contributed by atoms with van der Waals surface area (Å²) >= 11 is 0. The van der Waals surface area contributed by atoms with Gasteiger partial charge in [-0.25, -0.2) is 12.7 Å². The van der Waals surface area contributed by atoms with Crippen molar-refractivity contribution in [3.05, 3.63) is 0 Å². The topological polar surface area (TPSA) is 63.4 Å². The molecule has 0 radical (unpaired) electrons. The number of nitrogens with two attached hydrogens (primary N) is 1. The van der Waals surface area contributed by atoms with Crippen molar-refractivity contribution in [3.63, 3.8) is 0 Å². The van der Waals surface area contributed by atoms with Crippen molar-refractivity contribution in [2.45, 2.75) is 44.4 Å². The molecular formula is C9H20N2O2S. The largest absolute Gasteiger partial charge is 0.328 e. The van der Waals surface area contributed by atoms with Crippen LogP contribution in [0.1, 0.15) is 33.1 Å². The molecule has 14 heavy (non-hydrogen) atoms. The molecule has 1 atom stereocenters. The van der Waals surface area contributed by atoms with Gasteiger partial charge in [-0.1, -0.05) is 0 Å². The van der Waals surface area contributed by atoms with Crippen LogP contribution in [0.2, 0.25) is 0 Å². The summed E-state index contributed by atoms with van der Waals surface area (Å²) in [6.07, 6.45) is 2.60.